The lowest BCUT2D eigenvalue weighted by molar-refractivity contribution is -0.191. The van der Waals surface area contributed by atoms with Gasteiger partial charge in [0.15, 0.2) is 23.9 Å². The summed E-state index contributed by atoms with van der Waals surface area (Å²) < 4.78 is 23.3. The van der Waals surface area contributed by atoms with Gasteiger partial charge in [0.05, 0.1) is 6.10 Å². The summed E-state index contributed by atoms with van der Waals surface area (Å²) >= 11 is 0. The second-order valence-electron chi connectivity index (χ2n) is 11.7. The topological polar surface area (TPSA) is 103 Å². The Morgan fingerprint density at radius 2 is 1.51 bits per heavy atom. The third-order valence-corrected chi connectivity index (χ3v) is 8.50. The second kappa shape index (κ2) is 16.7. The van der Waals surface area contributed by atoms with Crippen LogP contribution < -0.4 is 5.32 Å². The number of hydrogen-bond acceptors (Lipinski definition) is 7. The monoisotopic (exact) mass is 618 g/mol. The van der Waals surface area contributed by atoms with Crippen molar-refractivity contribution in [3.05, 3.63) is 70.8 Å². The number of ether oxygens (including phenoxy) is 4. The molecule has 2 aliphatic heterocycles. The molecule has 2 fully saturated rings. The summed E-state index contributed by atoms with van der Waals surface area (Å²) in [6.07, 6.45) is 7.02. The first kappa shape index (κ1) is 34.3. The van der Waals surface area contributed by atoms with Gasteiger partial charge in [0.25, 0.3) is 11.8 Å². The minimum absolute atomic E-state index is 0.0118. The Morgan fingerprint density at radius 1 is 0.933 bits per heavy atom. The first-order valence-electron chi connectivity index (χ1n) is 16.0. The molecule has 2 heterocycles. The zero-order valence-corrected chi connectivity index (χ0v) is 26.9. The number of carbonyl (C=O) groups excluding carboxylic acids is 3. The molecule has 2 aromatic carbocycles. The molecule has 2 amide bonds. The summed E-state index contributed by atoms with van der Waals surface area (Å²) in [6, 6.07) is 14.9. The van der Waals surface area contributed by atoms with Gasteiger partial charge in [0.2, 0.25) is 0 Å². The van der Waals surface area contributed by atoms with Gasteiger partial charge in [-0.25, -0.2) is 0 Å². The fourth-order valence-electron chi connectivity index (χ4n) is 5.46. The standard InChI is InChI=1S/C36H46N2O7/c1-5-10-30(45-33-12-7-9-24-43-33)28-19-15-26(16-20-28)13-14-27-17-21-29(22-18-27)34(40)38(4)36(2,35(41)37-3)31(39)25-44-32-11-6-8-23-42-32/h15-22,30,32-33H,5-12,23-25H2,1-4H3,(H,37,41)/t30-,32?,33?,36-/m1/s1. The summed E-state index contributed by atoms with van der Waals surface area (Å²) in [5.41, 5.74) is 1.26. The van der Waals surface area contributed by atoms with E-state index in [1.54, 1.807) is 24.3 Å². The van der Waals surface area contributed by atoms with Crippen LogP contribution in [0.1, 0.15) is 98.4 Å². The van der Waals surface area contributed by atoms with Gasteiger partial charge in [-0.05, 0) is 93.8 Å². The number of nitrogens with one attached hydrogen (secondary N) is 1. The van der Waals surface area contributed by atoms with Crippen molar-refractivity contribution >= 4 is 17.6 Å². The highest BCUT2D eigenvalue weighted by Crippen LogP contribution is 2.28. The Kier molecular flexibility index (Phi) is 12.7. The number of hydrogen-bond donors (Lipinski definition) is 1. The molecule has 4 atom stereocenters. The molecule has 2 aliphatic rings. The summed E-state index contributed by atoms with van der Waals surface area (Å²) in [5.74, 6) is 4.73. The number of carbonyl (C=O) groups is 3. The minimum atomic E-state index is -1.77. The maximum absolute atomic E-state index is 13.4. The highest BCUT2D eigenvalue weighted by Gasteiger charge is 2.46. The van der Waals surface area contributed by atoms with Gasteiger partial charge in [-0.3, -0.25) is 14.4 Å². The van der Waals surface area contributed by atoms with Gasteiger partial charge in [-0.1, -0.05) is 37.3 Å². The molecule has 9 heteroatoms. The lowest BCUT2D eigenvalue weighted by atomic mass is 9.92. The lowest BCUT2D eigenvalue weighted by Crippen LogP contribution is -2.62. The number of nitrogens with zero attached hydrogens (tertiary/aromatic N) is 1. The van der Waals surface area contributed by atoms with Crippen LogP contribution in [0.4, 0.5) is 0 Å². The molecule has 0 spiro atoms. The van der Waals surface area contributed by atoms with Crippen molar-refractivity contribution in [1.29, 1.82) is 0 Å². The van der Waals surface area contributed by atoms with Gasteiger partial charge in [0.1, 0.15) is 6.61 Å². The zero-order chi connectivity index (χ0) is 32.2. The number of rotatable bonds is 12. The van der Waals surface area contributed by atoms with E-state index < -0.39 is 29.4 Å². The molecule has 0 bridgehead atoms. The van der Waals surface area contributed by atoms with Crippen LogP contribution >= 0.6 is 0 Å². The fraction of sp³-hybridized carbons (Fsp3) is 0.528. The highest BCUT2D eigenvalue weighted by atomic mass is 16.7. The number of Topliss-reactive ketones (excluding diaryl/α,β-unsaturated/α-hetero) is 1. The summed E-state index contributed by atoms with van der Waals surface area (Å²) in [4.78, 5) is 40.8. The zero-order valence-electron chi connectivity index (χ0n) is 26.9. The van der Waals surface area contributed by atoms with E-state index in [9.17, 15) is 14.4 Å². The van der Waals surface area contributed by atoms with Crippen LogP contribution in [0, 0.1) is 11.8 Å². The average Bonchev–Trinajstić information content (AvgIpc) is 3.09. The molecule has 2 unspecified atom stereocenters. The van der Waals surface area contributed by atoms with Crippen LogP contribution in [-0.4, -0.2) is 74.5 Å². The molecule has 45 heavy (non-hydrogen) atoms. The molecule has 4 rings (SSSR count). The first-order valence-corrected chi connectivity index (χ1v) is 16.0. The van der Waals surface area contributed by atoms with Crippen molar-refractivity contribution in [1.82, 2.24) is 10.2 Å². The van der Waals surface area contributed by atoms with Gasteiger partial charge in [-0.2, -0.15) is 0 Å². The van der Waals surface area contributed by atoms with Crippen molar-refractivity contribution in [2.24, 2.45) is 0 Å². The fourth-order valence-corrected chi connectivity index (χ4v) is 5.46. The predicted octanol–water partition coefficient (Wildman–Crippen LogP) is 5.16. The van der Waals surface area contributed by atoms with Crippen LogP contribution in [0.3, 0.4) is 0 Å². The average molecular weight is 619 g/mol. The van der Waals surface area contributed by atoms with E-state index in [2.05, 4.69) is 36.2 Å². The summed E-state index contributed by atoms with van der Waals surface area (Å²) in [6.45, 7) is 4.57. The van der Waals surface area contributed by atoms with Crippen molar-refractivity contribution in [2.45, 2.75) is 89.4 Å². The normalized spacial score (nSPS) is 20.2. The number of amides is 2. The van der Waals surface area contributed by atoms with Gasteiger partial charge in [0, 0.05) is 44.0 Å². The van der Waals surface area contributed by atoms with E-state index in [0.717, 1.165) is 73.1 Å². The highest BCUT2D eigenvalue weighted by molar-refractivity contribution is 6.14. The molecule has 9 nitrogen and oxygen atoms in total. The van der Waals surface area contributed by atoms with Crippen molar-refractivity contribution < 1.29 is 33.3 Å². The molecule has 0 aromatic heterocycles. The molecular formula is C36H46N2O7. The van der Waals surface area contributed by atoms with Gasteiger partial charge >= 0.3 is 0 Å². The molecule has 0 radical (unpaired) electrons. The van der Waals surface area contributed by atoms with Crippen molar-refractivity contribution in [3.8, 4) is 11.8 Å². The Hall–Kier alpha value is -3.55. The Balaban J connectivity index is 1.39. The van der Waals surface area contributed by atoms with Crippen LogP contribution in [-0.2, 0) is 28.5 Å². The Morgan fingerprint density at radius 3 is 2.04 bits per heavy atom. The van der Waals surface area contributed by atoms with Gasteiger partial charge < -0.3 is 29.2 Å². The van der Waals surface area contributed by atoms with Crippen LogP contribution in [0.25, 0.3) is 0 Å². The molecule has 0 aliphatic carbocycles. The molecule has 242 valence electrons. The predicted molar refractivity (Wildman–Crippen MR) is 170 cm³/mol. The minimum Gasteiger partial charge on any atom is -0.357 e. The Labute approximate surface area is 266 Å². The van der Waals surface area contributed by atoms with Crippen LogP contribution in [0.2, 0.25) is 0 Å². The van der Waals surface area contributed by atoms with Crippen LogP contribution in [0.5, 0.6) is 0 Å². The molecule has 1 N–H and O–H groups in total. The third kappa shape index (κ3) is 9.01. The smallest absolute Gasteiger partial charge is 0.254 e. The molecule has 2 aromatic rings. The van der Waals surface area contributed by atoms with E-state index in [-0.39, 0.29) is 19.0 Å². The SMILES string of the molecule is CCC[C@@H](OC1CCCCO1)c1ccc(C#Cc2ccc(C(=O)N(C)[C@](C)(C(=O)COC3CCCCO3)C(=O)NC)cc2)cc1. The Bertz CT molecular complexity index is 1340. The number of ketones is 1. The van der Waals surface area contributed by atoms with Crippen LogP contribution in [0.15, 0.2) is 48.5 Å². The summed E-state index contributed by atoms with van der Waals surface area (Å²) in [7, 11) is 2.88. The van der Waals surface area contributed by atoms with E-state index >= 15 is 0 Å². The van der Waals surface area contributed by atoms with Crippen molar-refractivity contribution in [2.75, 3.05) is 33.9 Å². The molecule has 0 saturated carbocycles. The maximum Gasteiger partial charge on any atom is 0.254 e. The quantitative estimate of drug-likeness (QED) is 0.259. The van der Waals surface area contributed by atoms with Crippen molar-refractivity contribution in [3.63, 3.8) is 0 Å². The molecule has 2 saturated heterocycles. The summed E-state index contributed by atoms with van der Waals surface area (Å²) in [5, 5.41) is 2.52. The molecular weight excluding hydrogens is 572 g/mol. The first-order chi connectivity index (χ1) is 21.8. The lowest BCUT2D eigenvalue weighted by Gasteiger charge is -2.36. The number of likely N-dealkylation sites (N-methyl/N-ethyl adjacent to an activating group) is 2. The largest absolute Gasteiger partial charge is 0.357 e. The maximum atomic E-state index is 13.4. The third-order valence-electron chi connectivity index (χ3n) is 8.50. The van der Waals surface area contributed by atoms with E-state index in [0.29, 0.717) is 18.6 Å². The van der Waals surface area contributed by atoms with E-state index in [4.69, 9.17) is 18.9 Å². The van der Waals surface area contributed by atoms with E-state index in [1.807, 2.05) is 12.1 Å². The van der Waals surface area contributed by atoms with E-state index in [1.165, 1.54) is 21.0 Å². The number of benzene rings is 2. The second-order valence-corrected chi connectivity index (χ2v) is 11.7. The van der Waals surface area contributed by atoms with Gasteiger partial charge in [-0.15, -0.1) is 0 Å².